The number of rotatable bonds is 2. The average Bonchev–Trinajstić information content (AvgIpc) is 3.19. The summed E-state index contributed by atoms with van der Waals surface area (Å²) in [7, 11) is 1.39. The quantitative estimate of drug-likeness (QED) is 0.795. The lowest BCUT2D eigenvalue weighted by atomic mass is 10.2. The molecule has 2 fully saturated rings. The van der Waals surface area contributed by atoms with Crippen LogP contribution in [0.4, 0.5) is 5.95 Å². The van der Waals surface area contributed by atoms with Crippen LogP contribution in [-0.2, 0) is 4.74 Å². The number of carbonyl (C=O) groups excluding carboxylic acids is 1. The summed E-state index contributed by atoms with van der Waals surface area (Å²) in [5.41, 5.74) is 2.07. The molecule has 2 aromatic rings. The number of nitrogens with one attached hydrogen (secondary N) is 2. The molecule has 0 radical (unpaired) electrons. The fraction of sp³-hybridized carbons (Fsp3) is 0.429. The van der Waals surface area contributed by atoms with Crippen molar-refractivity contribution in [2.75, 3.05) is 25.1 Å². The Morgan fingerprint density at radius 2 is 2.40 bits per heavy atom. The Morgan fingerprint density at radius 3 is 3.10 bits per heavy atom. The molecule has 2 saturated heterocycles. The second kappa shape index (κ2) is 4.21. The number of hydrogen-bond acceptors (Lipinski definition) is 5. The number of aromatic nitrogens is 2. The Balaban J connectivity index is 1.77. The molecule has 3 heterocycles. The van der Waals surface area contributed by atoms with Crippen LogP contribution in [0.1, 0.15) is 16.8 Å². The lowest BCUT2D eigenvalue weighted by Crippen LogP contribution is -2.44. The lowest BCUT2D eigenvalue weighted by Gasteiger charge is -2.26. The first-order chi connectivity index (χ1) is 9.76. The Bertz CT molecular complexity index is 681. The van der Waals surface area contributed by atoms with E-state index < -0.39 is 0 Å². The second-order valence-corrected chi connectivity index (χ2v) is 5.40. The number of H-pyrrole nitrogens is 1. The van der Waals surface area contributed by atoms with Crippen molar-refractivity contribution < 1.29 is 9.53 Å². The van der Waals surface area contributed by atoms with E-state index in [0.717, 1.165) is 24.6 Å². The molecule has 2 aliphatic rings. The van der Waals surface area contributed by atoms with E-state index in [1.165, 1.54) is 13.5 Å². The van der Waals surface area contributed by atoms with Crippen molar-refractivity contribution in [1.82, 2.24) is 15.3 Å². The first-order valence-corrected chi connectivity index (χ1v) is 6.83. The number of imidazole rings is 1. The third-order valence-electron chi connectivity index (χ3n) is 4.23. The number of methoxy groups -OCH3 is 1. The number of aromatic amines is 1. The van der Waals surface area contributed by atoms with Crippen molar-refractivity contribution in [1.29, 1.82) is 0 Å². The smallest absolute Gasteiger partial charge is 0.340 e. The Morgan fingerprint density at radius 1 is 1.50 bits per heavy atom. The molecule has 2 aliphatic heterocycles. The van der Waals surface area contributed by atoms with Gasteiger partial charge in [0, 0.05) is 25.2 Å². The molecule has 1 aromatic heterocycles. The van der Waals surface area contributed by atoms with E-state index in [0.29, 0.717) is 23.2 Å². The highest BCUT2D eigenvalue weighted by Gasteiger charge is 2.38. The minimum Gasteiger partial charge on any atom is -0.465 e. The fourth-order valence-corrected chi connectivity index (χ4v) is 3.25. The van der Waals surface area contributed by atoms with Crippen LogP contribution in [0.3, 0.4) is 0 Å². The van der Waals surface area contributed by atoms with Gasteiger partial charge in [-0.1, -0.05) is 6.07 Å². The predicted molar refractivity (Wildman–Crippen MR) is 75.0 cm³/mol. The summed E-state index contributed by atoms with van der Waals surface area (Å²) in [5.74, 6) is 0.503. The van der Waals surface area contributed by atoms with E-state index in [1.807, 2.05) is 12.1 Å². The molecule has 2 bridgehead atoms. The van der Waals surface area contributed by atoms with Gasteiger partial charge in [-0.25, -0.2) is 9.78 Å². The van der Waals surface area contributed by atoms with Crippen LogP contribution in [0, 0.1) is 0 Å². The molecule has 104 valence electrons. The number of anilines is 1. The van der Waals surface area contributed by atoms with Crippen LogP contribution in [0.5, 0.6) is 0 Å². The molecule has 0 aliphatic carbocycles. The summed E-state index contributed by atoms with van der Waals surface area (Å²) >= 11 is 0. The Labute approximate surface area is 116 Å². The first kappa shape index (κ1) is 11.7. The molecule has 0 amide bonds. The van der Waals surface area contributed by atoms with Crippen LogP contribution in [0.2, 0.25) is 0 Å². The molecule has 20 heavy (non-hydrogen) atoms. The largest absolute Gasteiger partial charge is 0.465 e. The summed E-state index contributed by atoms with van der Waals surface area (Å²) in [5, 5.41) is 3.47. The van der Waals surface area contributed by atoms with E-state index in [4.69, 9.17) is 4.74 Å². The van der Waals surface area contributed by atoms with E-state index in [2.05, 4.69) is 20.2 Å². The van der Waals surface area contributed by atoms with E-state index in [1.54, 1.807) is 6.07 Å². The van der Waals surface area contributed by atoms with Gasteiger partial charge in [0.05, 0.1) is 18.2 Å². The van der Waals surface area contributed by atoms with Gasteiger partial charge in [-0.15, -0.1) is 0 Å². The molecule has 6 heteroatoms. The topological polar surface area (TPSA) is 70.2 Å². The Kier molecular flexibility index (Phi) is 2.47. The van der Waals surface area contributed by atoms with Crippen LogP contribution in [-0.4, -0.2) is 48.2 Å². The molecule has 4 rings (SSSR count). The van der Waals surface area contributed by atoms with Crippen molar-refractivity contribution in [2.45, 2.75) is 18.5 Å². The zero-order valence-electron chi connectivity index (χ0n) is 11.2. The maximum atomic E-state index is 11.8. The third kappa shape index (κ3) is 1.61. The van der Waals surface area contributed by atoms with Gasteiger partial charge in [-0.05, 0) is 18.6 Å². The van der Waals surface area contributed by atoms with Crippen molar-refractivity contribution in [2.24, 2.45) is 0 Å². The highest BCUT2D eigenvalue weighted by Crippen LogP contribution is 2.29. The van der Waals surface area contributed by atoms with Gasteiger partial charge in [0.1, 0.15) is 5.52 Å². The highest BCUT2D eigenvalue weighted by molar-refractivity contribution is 6.02. The van der Waals surface area contributed by atoms with Gasteiger partial charge in [0.2, 0.25) is 5.95 Å². The van der Waals surface area contributed by atoms with Crippen LogP contribution >= 0.6 is 0 Å². The zero-order chi connectivity index (χ0) is 13.7. The zero-order valence-corrected chi connectivity index (χ0v) is 11.2. The van der Waals surface area contributed by atoms with Crippen LogP contribution < -0.4 is 10.2 Å². The molecular weight excluding hydrogens is 256 g/mol. The summed E-state index contributed by atoms with van der Waals surface area (Å²) in [4.78, 5) is 22.0. The normalized spacial score (nSPS) is 24.6. The van der Waals surface area contributed by atoms with Crippen molar-refractivity contribution in [3.63, 3.8) is 0 Å². The number of benzene rings is 1. The van der Waals surface area contributed by atoms with E-state index in [9.17, 15) is 4.79 Å². The van der Waals surface area contributed by atoms with Gasteiger partial charge in [-0.2, -0.15) is 0 Å². The van der Waals surface area contributed by atoms with Crippen molar-refractivity contribution >= 4 is 23.0 Å². The van der Waals surface area contributed by atoms with Crippen LogP contribution in [0.25, 0.3) is 11.0 Å². The summed E-state index contributed by atoms with van der Waals surface area (Å²) < 4.78 is 4.81. The third-order valence-corrected chi connectivity index (χ3v) is 4.23. The second-order valence-electron chi connectivity index (χ2n) is 5.40. The van der Waals surface area contributed by atoms with Crippen molar-refractivity contribution in [3.8, 4) is 0 Å². The number of fused-ring (bicyclic) bond motifs is 3. The van der Waals surface area contributed by atoms with Gasteiger partial charge in [0.25, 0.3) is 0 Å². The fourth-order valence-electron chi connectivity index (χ4n) is 3.25. The predicted octanol–water partition coefficient (Wildman–Crippen LogP) is 0.900. The van der Waals surface area contributed by atoms with Crippen LogP contribution in [0.15, 0.2) is 18.2 Å². The molecule has 1 aromatic carbocycles. The number of piperazine rings is 1. The van der Waals surface area contributed by atoms with Gasteiger partial charge >= 0.3 is 5.97 Å². The maximum Gasteiger partial charge on any atom is 0.340 e. The molecule has 0 spiro atoms. The number of para-hydroxylation sites is 1. The highest BCUT2D eigenvalue weighted by atomic mass is 16.5. The number of carbonyl (C=O) groups is 1. The first-order valence-electron chi connectivity index (χ1n) is 6.83. The van der Waals surface area contributed by atoms with Gasteiger partial charge in [-0.3, -0.25) is 0 Å². The molecule has 6 nitrogen and oxygen atoms in total. The van der Waals surface area contributed by atoms with Crippen molar-refractivity contribution in [3.05, 3.63) is 23.8 Å². The minimum absolute atomic E-state index is 0.349. The van der Waals surface area contributed by atoms with E-state index >= 15 is 0 Å². The van der Waals surface area contributed by atoms with E-state index in [-0.39, 0.29) is 5.97 Å². The van der Waals surface area contributed by atoms with Gasteiger partial charge in [0.15, 0.2) is 0 Å². The molecule has 2 N–H and O–H groups in total. The minimum atomic E-state index is -0.349. The lowest BCUT2D eigenvalue weighted by molar-refractivity contribution is 0.0603. The number of nitrogens with zero attached hydrogens (tertiary/aromatic N) is 2. The standard InChI is InChI=1S/C14H16N4O2/c1-20-13(19)10-3-2-4-11-12(10)17-14(16-11)18-7-8-5-9(18)6-15-8/h2-4,8-9,15H,5-7H2,1H3,(H,16,17)/t8-,9-/m0/s1. The Hall–Kier alpha value is -2.08. The number of ether oxygens (including phenoxy) is 1. The molecule has 2 atom stereocenters. The summed E-state index contributed by atoms with van der Waals surface area (Å²) in [6.07, 6.45) is 1.17. The number of hydrogen-bond donors (Lipinski definition) is 2. The van der Waals surface area contributed by atoms with Gasteiger partial charge < -0.3 is 19.9 Å². The summed E-state index contributed by atoms with van der Waals surface area (Å²) in [6, 6.07) is 6.59. The SMILES string of the molecule is COC(=O)c1cccc2[nH]c(N3C[C@@H]4C[C@H]3CN4)nc12. The summed E-state index contributed by atoms with van der Waals surface area (Å²) in [6.45, 7) is 1.98. The average molecular weight is 272 g/mol. The maximum absolute atomic E-state index is 11.8. The molecular formula is C14H16N4O2. The monoisotopic (exact) mass is 272 g/mol. The molecule has 0 saturated carbocycles. The molecule has 0 unspecified atom stereocenters. The number of esters is 1.